The van der Waals surface area contributed by atoms with E-state index in [0.717, 1.165) is 38.2 Å². The minimum atomic E-state index is 0.0236. The monoisotopic (exact) mass is 314 g/mol. The molecule has 2 aromatic heterocycles. The van der Waals surface area contributed by atoms with E-state index in [1.165, 1.54) is 0 Å². The van der Waals surface area contributed by atoms with Crippen LogP contribution in [0.4, 0.5) is 5.82 Å². The highest BCUT2D eigenvalue weighted by Crippen LogP contribution is 2.20. The highest BCUT2D eigenvalue weighted by Gasteiger charge is 2.26. The van der Waals surface area contributed by atoms with E-state index >= 15 is 0 Å². The Morgan fingerprint density at radius 2 is 2.30 bits per heavy atom. The van der Waals surface area contributed by atoms with Crippen molar-refractivity contribution in [1.29, 1.82) is 0 Å². The van der Waals surface area contributed by atoms with Crippen molar-refractivity contribution in [2.75, 3.05) is 24.5 Å². The second kappa shape index (κ2) is 7.71. The van der Waals surface area contributed by atoms with E-state index in [9.17, 15) is 4.79 Å². The van der Waals surface area contributed by atoms with E-state index in [2.05, 4.69) is 25.3 Å². The van der Waals surface area contributed by atoms with Gasteiger partial charge >= 0.3 is 0 Å². The van der Waals surface area contributed by atoms with Gasteiger partial charge < -0.3 is 10.2 Å². The number of nitrogens with one attached hydrogen (secondary N) is 1. The molecule has 1 aliphatic heterocycles. The molecule has 1 fully saturated rings. The van der Waals surface area contributed by atoms with Crippen LogP contribution in [-0.2, 0) is 11.3 Å². The molecule has 1 aliphatic rings. The summed E-state index contributed by atoms with van der Waals surface area (Å²) in [6, 6.07) is 1.90. The van der Waals surface area contributed by atoms with Crippen molar-refractivity contribution in [3.05, 3.63) is 37.1 Å². The Morgan fingerprint density at radius 1 is 1.35 bits per heavy atom. The predicted octanol–water partition coefficient (Wildman–Crippen LogP) is 1.10. The third kappa shape index (κ3) is 4.28. The molecule has 122 valence electrons. The van der Waals surface area contributed by atoms with E-state index in [0.29, 0.717) is 13.1 Å². The minimum absolute atomic E-state index is 0.0236. The molecule has 3 heterocycles. The molecule has 0 aromatic carbocycles. The number of carbonyl (C=O) groups excluding carboxylic acids is 1. The molecule has 7 nitrogen and oxygen atoms in total. The summed E-state index contributed by atoms with van der Waals surface area (Å²) in [7, 11) is 0. The first-order chi connectivity index (χ1) is 11.3. The standard InChI is InChI=1S/C16H22N6O/c23-16(19-5-2-10-22-11-3-6-20-22)14-4-1-9-21(13-14)15-12-17-7-8-18-15/h3,6-8,11-12,14H,1-2,4-5,9-10,13H2,(H,19,23)/t14-/m0/s1. The van der Waals surface area contributed by atoms with Gasteiger partial charge in [0, 0.05) is 51.0 Å². The number of nitrogens with zero attached hydrogens (tertiary/aromatic N) is 5. The number of rotatable bonds is 6. The second-order valence-corrected chi connectivity index (χ2v) is 5.76. The van der Waals surface area contributed by atoms with Crippen LogP contribution in [-0.4, -0.2) is 45.3 Å². The fourth-order valence-corrected chi connectivity index (χ4v) is 2.88. The highest BCUT2D eigenvalue weighted by molar-refractivity contribution is 5.79. The van der Waals surface area contributed by atoms with Crippen LogP contribution in [0.5, 0.6) is 0 Å². The molecule has 1 atom stereocenters. The largest absolute Gasteiger partial charge is 0.356 e. The summed E-state index contributed by atoms with van der Waals surface area (Å²) in [6.45, 7) is 3.15. The molecular weight excluding hydrogens is 292 g/mol. The molecule has 1 amide bonds. The van der Waals surface area contributed by atoms with E-state index in [-0.39, 0.29) is 11.8 Å². The van der Waals surface area contributed by atoms with Gasteiger partial charge in [-0.15, -0.1) is 0 Å². The van der Waals surface area contributed by atoms with E-state index in [1.54, 1.807) is 24.8 Å². The van der Waals surface area contributed by atoms with Gasteiger partial charge in [-0.1, -0.05) is 0 Å². The molecule has 0 bridgehead atoms. The lowest BCUT2D eigenvalue weighted by atomic mass is 9.97. The molecule has 2 aromatic rings. The van der Waals surface area contributed by atoms with Gasteiger partial charge in [0.25, 0.3) is 0 Å². The van der Waals surface area contributed by atoms with Gasteiger partial charge in [0.05, 0.1) is 12.1 Å². The van der Waals surface area contributed by atoms with Gasteiger partial charge in [-0.05, 0) is 25.3 Å². The number of carbonyl (C=O) groups is 1. The highest BCUT2D eigenvalue weighted by atomic mass is 16.1. The molecule has 7 heteroatoms. The van der Waals surface area contributed by atoms with Crippen LogP contribution in [0.2, 0.25) is 0 Å². The van der Waals surface area contributed by atoms with Gasteiger partial charge in [-0.25, -0.2) is 4.98 Å². The number of amides is 1. The summed E-state index contributed by atoms with van der Waals surface area (Å²) >= 11 is 0. The molecule has 0 unspecified atom stereocenters. The molecule has 0 saturated carbocycles. The van der Waals surface area contributed by atoms with Crippen molar-refractivity contribution in [3.8, 4) is 0 Å². The van der Waals surface area contributed by atoms with Crippen LogP contribution in [0.15, 0.2) is 37.1 Å². The first-order valence-corrected chi connectivity index (χ1v) is 8.09. The lowest BCUT2D eigenvalue weighted by Gasteiger charge is -2.32. The van der Waals surface area contributed by atoms with Crippen molar-refractivity contribution in [2.24, 2.45) is 5.92 Å². The third-order valence-corrected chi connectivity index (χ3v) is 4.09. The third-order valence-electron chi connectivity index (χ3n) is 4.09. The quantitative estimate of drug-likeness (QED) is 0.808. The first-order valence-electron chi connectivity index (χ1n) is 8.09. The van der Waals surface area contributed by atoms with E-state index in [1.807, 2.05) is 16.9 Å². The summed E-state index contributed by atoms with van der Waals surface area (Å²) in [5.41, 5.74) is 0. The van der Waals surface area contributed by atoms with Crippen LogP contribution in [0.25, 0.3) is 0 Å². The Bertz CT molecular complexity index is 600. The van der Waals surface area contributed by atoms with Crippen molar-refractivity contribution in [2.45, 2.75) is 25.8 Å². The van der Waals surface area contributed by atoms with Crippen LogP contribution in [0.3, 0.4) is 0 Å². The number of hydrogen-bond acceptors (Lipinski definition) is 5. The van der Waals surface area contributed by atoms with Crippen molar-refractivity contribution in [1.82, 2.24) is 25.1 Å². The molecule has 23 heavy (non-hydrogen) atoms. The maximum absolute atomic E-state index is 12.3. The number of piperidine rings is 1. The summed E-state index contributed by atoms with van der Waals surface area (Å²) in [5.74, 6) is 1.01. The normalized spacial score (nSPS) is 17.9. The zero-order valence-corrected chi connectivity index (χ0v) is 13.1. The number of anilines is 1. The smallest absolute Gasteiger partial charge is 0.224 e. The van der Waals surface area contributed by atoms with Gasteiger partial charge in [0.2, 0.25) is 5.91 Å². The molecule has 0 aliphatic carbocycles. The van der Waals surface area contributed by atoms with Gasteiger partial charge in [0.1, 0.15) is 5.82 Å². The maximum Gasteiger partial charge on any atom is 0.224 e. The molecule has 1 saturated heterocycles. The lowest BCUT2D eigenvalue weighted by Crippen LogP contribution is -2.43. The Balaban J connectivity index is 1.43. The zero-order valence-electron chi connectivity index (χ0n) is 13.1. The van der Waals surface area contributed by atoms with Crippen molar-refractivity contribution >= 4 is 11.7 Å². The maximum atomic E-state index is 12.3. The van der Waals surface area contributed by atoms with Crippen LogP contribution < -0.4 is 10.2 Å². The molecular formula is C16H22N6O. The predicted molar refractivity (Wildman–Crippen MR) is 86.8 cm³/mol. The topological polar surface area (TPSA) is 75.9 Å². The van der Waals surface area contributed by atoms with Gasteiger partial charge in [-0.3, -0.25) is 14.5 Å². The van der Waals surface area contributed by atoms with Crippen LogP contribution in [0, 0.1) is 5.92 Å². The van der Waals surface area contributed by atoms with Crippen LogP contribution in [0.1, 0.15) is 19.3 Å². The molecule has 0 spiro atoms. The Labute approximate surface area is 135 Å². The average molecular weight is 314 g/mol. The number of aromatic nitrogens is 4. The summed E-state index contributed by atoms with van der Waals surface area (Å²) in [5, 5.41) is 7.19. The Hall–Kier alpha value is -2.44. The van der Waals surface area contributed by atoms with Gasteiger partial charge in [0.15, 0.2) is 0 Å². The van der Waals surface area contributed by atoms with Crippen molar-refractivity contribution < 1.29 is 4.79 Å². The van der Waals surface area contributed by atoms with E-state index in [4.69, 9.17) is 0 Å². The van der Waals surface area contributed by atoms with Gasteiger partial charge in [-0.2, -0.15) is 5.10 Å². The zero-order chi connectivity index (χ0) is 15.9. The minimum Gasteiger partial charge on any atom is -0.356 e. The van der Waals surface area contributed by atoms with E-state index < -0.39 is 0 Å². The first kappa shape index (κ1) is 15.5. The Kier molecular flexibility index (Phi) is 5.18. The number of hydrogen-bond donors (Lipinski definition) is 1. The molecule has 0 radical (unpaired) electrons. The SMILES string of the molecule is O=C(NCCCn1cccn1)[C@H]1CCCN(c2cnccn2)C1. The van der Waals surface area contributed by atoms with Crippen molar-refractivity contribution in [3.63, 3.8) is 0 Å². The molecule has 1 N–H and O–H groups in total. The average Bonchev–Trinajstić information content (AvgIpc) is 3.13. The summed E-state index contributed by atoms with van der Waals surface area (Å²) in [6.07, 6.45) is 11.6. The fourth-order valence-electron chi connectivity index (χ4n) is 2.88. The summed E-state index contributed by atoms with van der Waals surface area (Å²) in [4.78, 5) is 22.9. The lowest BCUT2D eigenvalue weighted by molar-refractivity contribution is -0.125. The second-order valence-electron chi connectivity index (χ2n) is 5.76. The fraction of sp³-hybridized carbons (Fsp3) is 0.500. The van der Waals surface area contributed by atoms with Crippen LogP contribution >= 0.6 is 0 Å². The summed E-state index contributed by atoms with van der Waals surface area (Å²) < 4.78 is 1.88. The number of aryl methyl sites for hydroxylation is 1. The Morgan fingerprint density at radius 3 is 3.09 bits per heavy atom. The molecule has 3 rings (SSSR count).